The van der Waals surface area contributed by atoms with E-state index < -0.39 is 0 Å². The third kappa shape index (κ3) is 3.37. The van der Waals surface area contributed by atoms with Crippen LogP contribution < -0.4 is 5.32 Å². The first-order valence-electron chi connectivity index (χ1n) is 9.64. The number of likely N-dealkylation sites (tertiary alicyclic amines) is 1. The van der Waals surface area contributed by atoms with Crippen LogP contribution in [-0.4, -0.2) is 53.2 Å². The van der Waals surface area contributed by atoms with E-state index in [0.29, 0.717) is 36.7 Å². The number of piperidine rings is 1. The predicted molar refractivity (Wildman–Crippen MR) is 93.7 cm³/mol. The second-order valence-electron chi connectivity index (χ2n) is 8.00. The van der Waals surface area contributed by atoms with E-state index in [0.717, 1.165) is 38.5 Å². The maximum absolute atomic E-state index is 12.8. The van der Waals surface area contributed by atoms with Crippen molar-refractivity contribution in [3.63, 3.8) is 0 Å². The summed E-state index contributed by atoms with van der Waals surface area (Å²) >= 11 is 0. The van der Waals surface area contributed by atoms with Crippen molar-refractivity contribution in [1.29, 1.82) is 0 Å². The molecule has 1 aromatic rings. The first-order valence-corrected chi connectivity index (χ1v) is 9.64. The monoisotopic (exact) mass is 361 g/mol. The van der Waals surface area contributed by atoms with Gasteiger partial charge in [-0.1, -0.05) is 5.16 Å². The molecule has 26 heavy (non-hydrogen) atoms. The molecule has 3 fully saturated rings. The molecule has 1 aliphatic carbocycles. The number of ether oxygens (including phenoxy) is 1. The summed E-state index contributed by atoms with van der Waals surface area (Å²) in [4.78, 5) is 26.7. The largest absolute Gasteiger partial charge is 0.375 e. The number of amides is 2. The minimum absolute atomic E-state index is 0.00880. The quantitative estimate of drug-likeness (QED) is 0.890. The van der Waals surface area contributed by atoms with Crippen molar-refractivity contribution in [2.45, 2.75) is 64.0 Å². The fourth-order valence-corrected chi connectivity index (χ4v) is 4.23. The van der Waals surface area contributed by atoms with E-state index in [1.54, 1.807) is 13.8 Å². The molecule has 3 aliphatic rings. The van der Waals surface area contributed by atoms with Crippen LogP contribution in [0.4, 0.5) is 0 Å². The van der Waals surface area contributed by atoms with Crippen molar-refractivity contribution in [3.8, 4) is 0 Å². The van der Waals surface area contributed by atoms with Crippen LogP contribution in [0.25, 0.3) is 0 Å². The molecule has 0 radical (unpaired) electrons. The van der Waals surface area contributed by atoms with Crippen LogP contribution in [0.1, 0.15) is 60.3 Å². The zero-order valence-electron chi connectivity index (χ0n) is 15.5. The van der Waals surface area contributed by atoms with Crippen LogP contribution in [0.2, 0.25) is 0 Å². The van der Waals surface area contributed by atoms with E-state index >= 15 is 0 Å². The summed E-state index contributed by atoms with van der Waals surface area (Å²) in [6.07, 6.45) is 5.38. The molecule has 0 aromatic carbocycles. The number of nitrogens with zero attached hydrogens (tertiary/aromatic N) is 2. The van der Waals surface area contributed by atoms with Gasteiger partial charge >= 0.3 is 0 Å². The Morgan fingerprint density at radius 2 is 1.92 bits per heavy atom. The Balaban J connectivity index is 1.36. The summed E-state index contributed by atoms with van der Waals surface area (Å²) in [5.41, 5.74) is 1.01. The molecular weight excluding hydrogens is 334 g/mol. The molecule has 7 nitrogen and oxygen atoms in total. The molecule has 2 amide bonds. The Labute approximate surface area is 153 Å². The lowest BCUT2D eigenvalue weighted by Crippen LogP contribution is -2.54. The predicted octanol–water partition coefficient (Wildman–Crippen LogP) is 1.97. The molecule has 1 spiro atoms. The van der Waals surface area contributed by atoms with Crippen LogP contribution in [0.3, 0.4) is 0 Å². The van der Waals surface area contributed by atoms with Gasteiger partial charge in [0, 0.05) is 31.7 Å². The zero-order chi connectivity index (χ0) is 18.3. The molecule has 3 heterocycles. The average Bonchev–Trinajstić information content (AvgIpc) is 3.41. The summed E-state index contributed by atoms with van der Waals surface area (Å²) in [6.45, 7) is 5.56. The van der Waals surface area contributed by atoms with E-state index in [2.05, 4.69) is 10.5 Å². The molecule has 2 saturated heterocycles. The minimum Gasteiger partial charge on any atom is -0.375 e. The number of rotatable bonds is 3. The number of nitrogens with one attached hydrogen (secondary N) is 1. The van der Waals surface area contributed by atoms with Crippen LogP contribution >= 0.6 is 0 Å². The number of hydrogen-bond donors (Lipinski definition) is 1. The molecule has 4 rings (SSSR count). The molecule has 142 valence electrons. The molecule has 1 unspecified atom stereocenters. The maximum Gasteiger partial charge on any atom is 0.259 e. The van der Waals surface area contributed by atoms with E-state index in [1.807, 2.05) is 4.90 Å². The van der Waals surface area contributed by atoms with Crippen molar-refractivity contribution in [3.05, 3.63) is 17.0 Å². The highest BCUT2D eigenvalue weighted by atomic mass is 16.5. The lowest BCUT2D eigenvalue weighted by molar-refractivity contribution is -0.131. The van der Waals surface area contributed by atoms with Crippen molar-refractivity contribution >= 4 is 11.8 Å². The van der Waals surface area contributed by atoms with Gasteiger partial charge < -0.3 is 19.5 Å². The Kier molecular flexibility index (Phi) is 4.50. The third-order valence-corrected chi connectivity index (χ3v) is 6.00. The van der Waals surface area contributed by atoms with Crippen molar-refractivity contribution < 1.29 is 18.8 Å². The minimum atomic E-state index is -0.213. The van der Waals surface area contributed by atoms with E-state index in [4.69, 9.17) is 9.26 Å². The Bertz CT molecular complexity index is 682. The second-order valence-corrected chi connectivity index (χ2v) is 8.00. The SMILES string of the molecule is Cc1noc(C)c1C(=O)N1CCC2(CC1)CC(NC(=O)C1CC1)CCO2. The van der Waals surface area contributed by atoms with Crippen molar-refractivity contribution in [2.24, 2.45) is 5.92 Å². The van der Waals surface area contributed by atoms with E-state index in [-0.39, 0.29) is 29.4 Å². The summed E-state index contributed by atoms with van der Waals surface area (Å²) in [5.74, 6) is 1.01. The summed E-state index contributed by atoms with van der Waals surface area (Å²) in [6, 6.07) is 0.196. The maximum atomic E-state index is 12.8. The van der Waals surface area contributed by atoms with Crippen LogP contribution in [0.5, 0.6) is 0 Å². The molecule has 1 aromatic heterocycles. The van der Waals surface area contributed by atoms with Gasteiger partial charge in [0.15, 0.2) is 0 Å². The number of aromatic nitrogens is 1. The van der Waals surface area contributed by atoms with Crippen molar-refractivity contribution in [2.75, 3.05) is 19.7 Å². The van der Waals surface area contributed by atoms with Gasteiger partial charge in [-0.2, -0.15) is 0 Å². The van der Waals surface area contributed by atoms with Crippen LogP contribution in [0.15, 0.2) is 4.52 Å². The molecule has 2 aliphatic heterocycles. The standard InChI is InChI=1S/C19H27N3O4/c1-12-16(13(2)26-21-12)18(24)22-8-6-19(7-9-22)11-15(5-10-25-19)20-17(23)14-3-4-14/h14-15H,3-11H2,1-2H3,(H,20,23). The third-order valence-electron chi connectivity index (χ3n) is 6.00. The Morgan fingerprint density at radius 1 is 1.19 bits per heavy atom. The van der Waals surface area contributed by atoms with Crippen LogP contribution in [-0.2, 0) is 9.53 Å². The average molecular weight is 361 g/mol. The van der Waals surface area contributed by atoms with Gasteiger partial charge in [0.1, 0.15) is 11.3 Å². The second kappa shape index (κ2) is 6.68. The van der Waals surface area contributed by atoms with Crippen LogP contribution in [0, 0.1) is 19.8 Å². The topological polar surface area (TPSA) is 84.7 Å². The highest BCUT2D eigenvalue weighted by Crippen LogP contribution is 2.36. The van der Waals surface area contributed by atoms with Gasteiger partial charge in [-0.25, -0.2) is 0 Å². The fraction of sp³-hybridized carbons (Fsp3) is 0.737. The summed E-state index contributed by atoms with van der Waals surface area (Å²) < 4.78 is 11.3. The first-order chi connectivity index (χ1) is 12.5. The molecule has 1 N–H and O–H groups in total. The van der Waals surface area contributed by atoms with Gasteiger partial charge in [0.05, 0.1) is 11.3 Å². The van der Waals surface area contributed by atoms with E-state index in [1.165, 1.54) is 0 Å². The Hall–Kier alpha value is -1.89. The summed E-state index contributed by atoms with van der Waals surface area (Å²) in [5, 5.41) is 7.09. The zero-order valence-corrected chi connectivity index (χ0v) is 15.5. The van der Waals surface area contributed by atoms with Gasteiger partial charge in [0.2, 0.25) is 5.91 Å². The summed E-state index contributed by atoms with van der Waals surface area (Å²) in [7, 11) is 0. The van der Waals surface area contributed by atoms with Gasteiger partial charge in [-0.15, -0.1) is 0 Å². The van der Waals surface area contributed by atoms with E-state index in [9.17, 15) is 9.59 Å². The molecule has 1 atom stereocenters. The first kappa shape index (κ1) is 17.5. The molecule has 0 bridgehead atoms. The van der Waals surface area contributed by atoms with Gasteiger partial charge in [0.25, 0.3) is 5.91 Å². The van der Waals surface area contributed by atoms with Crippen molar-refractivity contribution in [1.82, 2.24) is 15.4 Å². The van der Waals surface area contributed by atoms with Gasteiger partial charge in [-0.3, -0.25) is 9.59 Å². The highest BCUT2D eigenvalue weighted by Gasteiger charge is 2.43. The molecule has 1 saturated carbocycles. The highest BCUT2D eigenvalue weighted by molar-refractivity contribution is 5.96. The lowest BCUT2D eigenvalue weighted by Gasteiger charge is -2.46. The smallest absolute Gasteiger partial charge is 0.259 e. The molecule has 7 heteroatoms. The normalized spacial score (nSPS) is 25.3. The fourth-order valence-electron chi connectivity index (χ4n) is 4.23. The molecular formula is C19H27N3O4. The Morgan fingerprint density at radius 3 is 2.54 bits per heavy atom. The number of carbonyl (C=O) groups is 2. The van der Waals surface area contributed by atoms with Gasteiger partial charge in [-0.05, 0) is 52.4 Å². The number of hydrogen-bond acceptors (Lipinski definition) is 5. The number of carbonyl (C=O) groups excluding carboxylic acids is 2. The number of aryl methyl sites for hydroxylation is 2. The lowest BCUT2D eigenvalue weighted by atomic mass is 9.82.